The molecule has 3 fully saturated rings. The lowest BCUT2D eigenvalue weighted by Crippen LogP contribution is -2.50. The Morgan fingerprint density at radius 1 is 1.21 bits per heavy atom. The van der Waals surface area contributed by atoms with Crippen molar-refractivity contribution in [3.63, 3.8) is 0 Å². The van der Waals surface area contributed by atoms with E-state index in [1.807, 2.05) is 0 Å². The van der Waals surface area contributed by atoms with Gasteiger partial charge in [-0.3, -0.25) is 9.69 Å². The van der Waals surface area contributed by atoms with Crippen LogP contribution in [0.25, 0.3) is 0 Å². The highest BCUT2D eigenvalue weighted by atomic mass is 32.2. The Hall–Kier alpha value is -0.700. The topological polar surface area (TPSA) is 87.2 Å². The summed E-state index contributed by atoms with van der Waals surface area (Å²) in [4.78, 5) is 16.7. The molecule has 0 aliphatic carbocycles. The van der Waals surface area contributed by atoms with E-state index in [4.69, 9.17) is 4.74 Å². The number of aliphatic hydroxyl groups excluding tert-OH is 1. The lowest BCUT2D eigenvalue weighted by molar-refractivity contribution is -0.136. The number of ether oxygens (including phenoxy) is 1. The monoisotopic (exact) mass is 360 g/mol. The molecule has 3 heterocycles. The van der Waals surface area contributed by atoms with E-state index >= 15 is 0 Å². The number of likely N-dealkylation sites (tertiary alicyclic amines) is 1. The van der Waals surface area contributed by atoms with Gasteiger partial charge in [0.2, 0.25) is 5.91 Å². The smallest absolute Gasteiger partial charge is 0.237 e. The number of amides is 1. The molecule has 0 aromatic carbocycles. The molecule has 3 aliphatic rings. The van der Waals surface area contributed by atoms with Crippen LogP contribution < -0.4 is 0 Å². The van der Waals surface area contributed by atoms with Crippen molar-refractivity contribution in [1.82, 2.24) is 9.80 Å². The third-order valence-corrected chi connectivity index (χ3v) is 7.06. The second kappa shape index (κ2) is 7.68. The third kappa shape index (κ3) is 4.68. The van der Waals surface area contributed by atoms with E-state index in [9.17, 15) is 18.3 Å². The lowest BCUT2D eigenvalue weighted by atomic mass is 10.1. The summed E-state index contributed by atoms with van der Waals surface area (Å²) >= 11 is 0. The molecular weight excluding hydrogens is 332 g/mol. The van der Waals surface area contributed by atoms with Gasteiger partial charge in [-0.15, -0.1) is 0 Å². The molecule has 0 bridgehead atoms. The van der Waals surface area contributed by atoms with Crippen molar-refractivity contribution in [3.05, 3.63) is 0 Å². The van der Waals surface area contributed by atoms with Gasteiger partial charge in [0.15, 0.2) is 9.84 Å². The van der Waals surface area contributed by atoms with Crippen molar-refractivity contribution in [2.24, 2.45) is 0 Å². The van der Waals surface area contributed by atoms with Crippen LogP contribution in [-0.4, -0.2) is 91.8 Å². The maximum Gasteiger partial charge on any atom is 0.237 e. The second-order valence-corrected chi connectivity index (χ2v) is 9.47. The fourth-order valence-electron chi connectivity index (χ4n) is 3.84. The van der Waals surface area contributed by atoms with Gasteiger partial charge in [0, 0.05) is 32.3 Å². The van der Waals surface area contributed by atoms with E-state index in [2.05, 4.69) is 4.90 Å². The number of carbonyl (C=O) groups excluding carboxylic acids is 1. The highest BCUT2D eigenvalue weighted by molar-refractivity contribution is 7.91. The van der Waals surface area contributed by atoms with Gasteiger partial charge in [0.25, 0.3) is 0 Å². The van der Waals surface area contributed by atoms with Crippen molar-refractivity contribution in [1.29, 1.82) is 0 Å². The van der Waals surface area contributed by atoms with Crippen molar-refractivity contribution >= 4 is 15.7 Å². The molecule has 8 heteroatoms. The first-order valence-electron chi connectivity index (χ1n) is 8.95. The molecule has 1 N–H and O–H groups in total. The summed E-state index contributed by atoms with van der Waals surface area (Å²) in [6.45, 7) is 2.94. The average molecular weight is 360 g/mol. The Morgan fingerprint density at radius 2 is 1.96 bits per heavy atom. The summed E-state index contributed by atoms with van der Waals surface area (Å²) in [6, 6.07) is -0.220. The molecule has 0 spiro atoms. The molecule has 2 atom stereocenters. The van der Waals surface area contributed by atoms with Gasteiger partial charge in [0.05, 0.1) is 30.3 Å². The largest absolute Gasteiger partial charge is 0.393 e. The van der Waals surface area contributed by atoms with Gasteiger partial charge in [-0.2, -0.15) is 0 Å². The first-order valence-corrected chi connectivity index (χ1v) is 10.8. The Morgan fingerprint density at radius 3 is 2.54 bits per heavy atom. The molecule has 0 aromatic heterocycles. The van der Waals surface area contributed by atoms with E-state index < -0.39 is 9.84 Å². The van der Waals surface area contributed by atoms with Crippen molar-refractivity contribution in [2.75, 3.05) is 44.3 Å². The minimum Gasteiger partial charge on any atom is -0.393 e. The van der Waals surface area contributed by atoms with Gasteiger partial charge < -0.3 is 14.7 Å². The predicted octanol–water partition coefficient (Wildman–Crippen LogP) is -0.362. The summed E-state index contributed by atoms with van der Waals surface area (Å²) in [5, 5.41) is 9.58. The highest BCUT2D eigenvalue weighted by Gasteiger charge is 2.36. The Kier molecular flexibility index (Phi) is 5.79. The molecule has 3 aliphatic heterocycles. The summed E-state index contributed by atoms with van der Waals surface area (Å²) in [6.07, 6.45) is 3.60. The van der Waals surface area contributed by atoms with Crippen LogP contribution in [0.15, 0.2) is 0 Å². The molecule has 1 amide bonds. The van der Waals surface area contributed by atoms with Crippen LogP contribution in [0.1, 0.15) is 32.1 Å². The number of nitrogens with zero attached hydrogens (tertiary/aromatic N) is 2. The van der Waals surface area contributed by atoms with Crippen molar-refractivity contribution in [2.45, 2.75) is 50.4 Å². The highest BCUT2D eigenvalue weighted by Crippen LogP contribution is 2.22. The molecule has 2 unspecified atom stereocenters. The minimum atomic E-state index is -3.03. The fourth-order valence-corrected chi connectivity index (χ4v) is 5.57. The van der Waals surface area contributed by atoms with Gasteiger partial charge in [-0.25, -0.2) is 8.42 Å². The summed E-state index contributed by atoms with van der Waals surface area (Å²) in [5.74, 6) is 0.233. The van der Waals surface area contributed by atoms with E-state index in [0.717, 1.165) is 19.4 Å². The number of sulfone groups is 1. The summed E-state index contributed by atoms with van der Waals surface area (Å²) in [5.41, 5.74) is 0. The maximum atomic E-state index is 12.9. The minimum absolute atomic E-state index is 0.0102. The van der Waals surface area contributed by atoms with Gasteiger partial charge in [-0.05, 0) is 32.1 Å². The zero-order chi connectivity index (χ0) is 17.2. The van der Waals surface area contributed by atoms with Crippen LogP contribution in [0.3, 0.4) is 0 Å². The predicted molar refractivity (Wildman–Crippen MR) is 89.4 cm³/mol. The second-order valence-electron chi connectivity index (χ2n) is 7.25. The van der Waals surface area contributed by atoms with Gasteiger partial charge >= 0.3 is 0 Å². The first kappa shape index (κ1) is 18.1. The molecule has 138 valence electrons. The van der Waals surface area contributed by atoms with Crippen molar-refractivity contribution in [3.8, 4) is 0 Å². The Balaban J connectivity index is 1.62. The molecule has 3 saturated heterocycles. The Labute approximate surface area is 143 Å². The van der Waals surface area contributed by atoms with E-state index in [1.165, 1.54) is 0 Å². The average Bonchev–Trinajstić information content (AvgIpc) is 3.16. The Bertz CT molecular complexity index is 539. The maximum absolute atomic E-state index is 12.9. The number of aliphatic hydroxyl groups is 1. The first-order chi connectivity index (χ1) is 11.4. The fraction of sp³-hybridized carbons (Fsp3) is 0.938. The summed E-state index contributed by atoms with van der Waals surface area (Å²) < 4.78 is 29.3. The quantitative estimate of drug-likeness (QED) is 0.720. The zero-order valence-electron chi connectivity index (χ0n) is 14.1. The summed E-state index contributed by atoms with van der Waals surface area (Å²) in [7, 11) is -3.03. The standard InChI is InChI=1S/C16H28N2O5S/c19-14-3-6-17(7-4-14)11-16(20)18(10-15-2-1-8-23-15)13-5-9-24(21,22)12-13/h13-15,19H,1-12H2. The SMILES string of the molecule is O=C(CN1CCC(O)CC1)N(CC1CCCO1)C1CCS(=O)(=O)C1. The van der Waals surface area contributed by atoms with Crippen LogP contribution in [-0.2, 0) is 19.4 Å². The number of hydrogen-bond donors (Lipinski definition) is 1. The van der Waals surface area contributed by atoms with Crippen molar-refractivity contribution < 1.29 is 23.1 Å². The molecule has 0 radical (unpaired) electrons. The molecule has 3 rings (SSSR count). The normalized spacial score (nSPS) is 31.4. The van der Waals surface area contributed by atoms with E-state index in [1.54, 1.807) is 4.90 Å². The van der Waals surface area contributed by atoms with Crippen LogP contribution in [0.2, 0.25) is 0 Å². The van der Waals surface area contributed by atoms with Crippen LogP contribution in [0.5, 0.6) is 0 Å². The van der Waals surface area contributed by atoms with Crippen LogP contribution in [0, 0.1) is 0 Å². The van der Waals surface area contributed by atoms with Gasteiger partial charge in [0.1, 0.15) is 0 Å². The number of carbonyl (C=O) groups is 1. The van der Waals surface area contributed by atoms with E-state index in [0.29, 0.717) is 45.4 Å². The van der Waals surface area contributed by atoms with Gasteiger partial charge in [-0.1, -0.05) is 0 Å². The molecule has 7 nitrogen and oxygen atoms in total. The zero-order valence-corrected chi connectivity index (χ0v) is 14.9. The van der Waals surface area contributed by atoms with E-state index in [-0.39, 0.29) is 35.7 Å². The third-order valence-electron chi connectivity index (χ3n) is 5.31. The van der Waals surface area contributed by atoms with Crippen LogP contribution >= 0.6 is 0 Å². The molecule has 0 aromatic rings. The molecule has 0 saturated carbocycles. The molecule has 24 heavy (non-hydrogen) atoms. The number of piperidine rings is 1. The van der Waals surface area contributed by atoms with Crippen LogP contribution in [0.4, 0.5) is 0 Å². The number of rotatable bonds is 5. The lowest BCUT2D eigenvalue weighted by Gasteiger charge is -2.34. The number of hydrogen-bond acceptors (Lipinski definition) is 6. The molecular formula is C16H28N2O5S.